The van der Waals surface area contributed by atoms with Gasteiger partial charge in [-0.1, -0.05) is 83.8 Å². The Labute approximate surface area is 221 Å². The fourth-order valence-electron chi connectivity index (χ4n) is 4.13. The lowest BCUT2D eigenvalue weighted by atomic mass is 9.99. The van der Waals surface area contributed by atoms with Gasteiger partial charge in [-0.05, 0) is 23.6 Å². The summed E-state index contributed by atoms with van der Waals surface area (Å²) in [6, 6.07) is 19.1. The second-order valence-electron chi connectivity index (χ2n) is 8.27. The van der Waals surface area contributed by atoms with Crippen LogP contribution in [0.1, 0.15) is 22.2 Å². The van der Waals surface area contributed by atoms with Crippen LogP contribution in [-0.2, 0) is 19.1 Å². The van der Waals surface area contributed by atoms with Gasteiger partial charge in [0.2, 0.25) is 5.72 Å². The number of esters is 1. The van der Waals surface area contributed by atoms with Gasteiger partial charge >= 0.3 is 5.97 Å². The van der Waals surface area contributed by atoms with Crippen LogP contribution in [0.4, 0.5) is 0 Å². The lowest BCUT2D eigenvalue weighted by molar-refractivity contribution is -0.183. The van der Waals surface area contributed by atoms with Gasteiger partial charge in [0.05, 0.1) is 0 Å². The first-order valence-corrected chi connectivity index (χ1v) is 14.0. The van der Waals surface area contributed by atoms with E-state index in [0.29, 0.717) is 11.5 Å². The summed E-state index contributed by atoms with van der Waals surface area (Å²) in [5, 5.41) is 8.57. The molecule has 2 aliphatic rings. The van der Waals surface area contributed by atoms with Crippen molar-refractivity contribution in [1.29, 1.82) is 0 Å². The maximum atomic E-state index is 13.8. The van der Waals surface area contributed by atoms with E-state index in [2.05, 4.69) is 10.2 Å². The third kappa shape index (κ3) is 4.57. The predicted molar refractivity (Wildman–Crippen MR) is 140 cm³/mol. The largest absolute Gasteiger partial charge is 0.448 e. The van der Waals surface area contributed by atoms with Crippen LogP contribution < -0.4 is 5.73 Å². The minimum Gasteiger partial charge on any atom is -0.448 e. The molecule has 8 nitrogen and oxygen atoms in total. The van der Waals surface area contributed by atoms with Gasteiger partial charge in [-0.2, -0.15) is 0 Å². The molecule has 5 rings (SSSR count). The highest BCUT2D eigenvalue weighted by Gasteiger charge is 2.63. The molecule has 2 aliphatic heterocycles. The highest BCUT2D eigenvalue weighted by Crippen LogP contribution is 2.46. The number of ether oxygens (including phenoxy) is 2. The molecular formula is C25H24N4O4S3. The van der Waals surface area contributed by atoms with E-state index in [9.17, 15) is 9.59 Å². The van der Waals surface area contributed by atoms with Gasteiger partial charge in [-0.3, -0.25) is 15.4 Å². The van der Waals surface area contributed by atoms with E-state index in [1.54, 1.807) is 0 Å². The molecule has 2 aromatic carbocycles. The van der Waals surface area contributed by atoms with Crippen molar-refractivity contribution in [1.82, 2.24) is 15.1 Å². The Morgan fingerprint density at radius 2 is 1.81 bits per heavy atom. The molecule has 11 heteroatoms. The highest BCUT2D eigenvalue weighted by atomic mass is 32.2. The van der Waals surface area contributed by atoms with E-state index in [1.165, 1.54) is 46.9 Å². The third-order valence-electron chi connectivity index (χ3n) is 5.98. The van der Waals surface area contributed by atoms with E-state index < -0.39 is 29.1 Å². The van der Waals surface area contributed by atoms with Crippen molar-refractivity contribution < 1.29 is 19.1 Å². The van der Waals surface area contributed by atoms with Crippen molar-refractivity contribution >= 4 is 46.7 Å². The first kappa shape index (κ1) is 25.0. The molecule has 36 heavy (non-hydrogen) atoms. The number of thioether (sulfide) groups is 2. The van der Waals surface area contributed by atoms with E-state index in [1.807, 2.05) is 67.6 Å². The second kappa shape index (κ2) is 10.3. The van der Waals surface area contributed by atoms with Gasteiger partial charge in [-0.25, -0.2) is 4.79 Å². The Balaban J connectivity index is 1.49. The molecule has 3 aromatic rings. The molecule has 1 fully saturated rings. The van der Waals surface area contributed by atoms with Gasteiger partial charge in [0.15, 0.2) is 10.4 Å². The Kier molecular flexibility index (Phi) is 7.18. The van der Waals surface area contributed by atoms with Crippen molar-refractivity contribution in [3.8, 4) is 0 Å². The van der Waals surface area contributed by atoms with Crippen LogP contribution >= 0.6 is 34.9 Å². The molecule has 0 unspecified atom stereocenters. The van der Waals surface area contributed by atoms with E-state index in [-0.39, 0.29) is 5.70 Å². The third-order valence-corrected chi connectivity index (χ3v) is 9.43. The molecule has 1 amide bonds. The van der Waals surface area contributed by atoms with Crippen molar-refractivity contribution in [3.63, 3.8) is 0 Å². The summed E-state index contributed by atoms with van der Waals surface area (Å²) in [6.07, 6.45) is -0.637. The number of β-lactam (4-membered cyclic amide) rings is 1. The Morgan fingerprint density at radius 1 is 1.17 bits per heavy atom. The number of rotatable bonds is 8. The molecule has 2 N–H and O–H groups in total. The molecule has 0 bridgehead atoms. The lowest BCUT2D eigenvalue weighted by Crippen LogP contribution is -2.78. The number of nitrogens with two attached hydrogens (primary N) is 1. The lowest BCUT2D eigenvalue weighted by Gasteiger charge is -2.54. The Morgan fingerprint density at radius 3 is 2.36 bits per heavy atom. The standard InChI is InChI=1S/C25H24N4O4S3/c1-15-27-28-24(36-15)35-14-18-13-34-23-25(26,32-2)22(31)29(23)19(18)21(30)33-20(16-9-5-3-6-10-16)17-11-7-4-8-12-17/h3-12,20,23H,13-14,26H2,1-2H3/t23-,25-/m0/s1. The molecule has 0 saturated carbocycles. The number of carbonyl (C=O) groups excluding carboxylic acids is 2. The van der Waals surface area contributed by atoms with Crippen molar-refractivity contribution in [2.45, 2.75) is 28.5 Å². The van der Waals surface area contributed by atoms with Crippen molar-refractivity contribution in [2.24, 2.45) is 5.73 Å². The fourth-order valence-corrected chi connectivity index (χ4v) is 7.48. The molecule has 0 spiro atoms. The number of methoxy groups -OCH3 is 1. The van der Waals surface area contributed by atoms with E-state index in [4.69, 9.17) is 15.2 Å². The van der Waals surface area contributed by atoms with Gasteiger partial charge in [0.1, 0.15) is 16.1 Å². The van der Waals surface area contributed by atoms with Gasteiger partial charge in [0.25, 0.3) is 5.91 Å². The van der Waals surface area contributed by atoms with Crippen molar-refractivity contribution in [2.75, 3.05) is 18.6 Å². The first-order chi connectivity index (χ1) is 17.4. The molecule has 3 heterocycles. The van der Waals surface area contributed by atoms with E-state index >= 15 is 0 Å². The molecular weight excluding hydrogens is 517 g/mol. The van der Waals surface area contributed by atoms with Crippen LogP contribution in [0.25, 0.3) is 0 Å². The van der Waals surface area contributed by atoms with Gasteiger partial charge in [-0.15, -0.1) is 22.0 Å². The monoisotopic (exact) mass is 540 g/mol. The van der Waals surface area contributed by atoms with E-state index in [0.717, 1.165) is 26.0 Å². The van der Waals surface area contributed by atoms with Gasteiger partial charge < -0.3 is 9.47 Å². The van der Waals surface area contributed by atoms with Crippen LogP contribution in [0.15, 0.2) is 76.3 Å². The quantitative estimate of drug-likeness (QED) is 0.198. The summed E-state index contributed by atoms with van der Waals surface area (Å²) >= 11 is 4.44. The topological polar surface area (TPSA) is 108 Å². The summed E-state index contributed by atoms with van der Waals surface area (Å²) in [5.74, 6) is -0.0603. The number of nitrogens with zero attached hydrogens (tertiary/aromatic N) is 3. The Bertz CT molecular complexity index is 1260. The molecule has 2 atom stereocenters. The van der Waals surface area contributed by atoms with Crippen LogP contribution in [-0.4, -0.2) is 56.7 Å². The zero-order valence-corrected chi connectivity index (χ0v) is 22.1. The number of benzene rings is 2. The summed E-state index contributed by atoms with van der Waals surface area (Å²) in [5.41, 5.74) is 7.44. The summed E-state index contributed by atoms with van der Waals surface area (Å²) < 4.78 is 12.3. The predicted octanol–water partition coefficient (Wildman–Crippen LogP) is 3.74. The zero-order valence-electron chi connectivity index (χ0n) is 19.6. The highest BCUT2D eigenvalue weighted by molar-refractivity contribution is 8.01. The fraction of sp³-hybridized carbons (Fsp3) is 0.280. The summed E-state index contributed by atoms with van der Waals surface area (Å²) in [4.78, 5) is 28.3. The number of aromatic nitrogens is 2. The number of carbonyl (C=O) groups is 2. The normalized spacial score (nSPS) is 21.4. The minimum absolute atomic E-state index is 0.229. The molecule has 186 valence electrons. The molecule has 1 saturated heterocycles. The number of fused-ring (bicyclic) bond motifs is 1. The molecule has 0 aliphatic carbocycles. The average molecular weight is 541 g/mol. The summed E-state index contributed by atoms with van der Waals surface area (Å²) in [7, 11) is 1.40. The summed E-state index contributed by atoms with van der Waals surface area (Å²) in [6.45, 7) is 1.89. The maximum Gasteiger partial charge on any atom is 0.356 e. The van der Waals surface area contributed by atoms with Crippen LogP contribution in [0.2, 0.25) is 0 Å². The maximum absolute atomic E-state index is 13.8. The molecule has 1 aromatic heterocycles. The minimum atomic E-state index is -1.47. The number of hydrogen-bond donors (Lipinski definition) is 1. The SMILES string of the molecule is CO[C@@]1(N)C(=O)N2C(C(=O)OC(c3ccccc3)c3ccccc3)=C(CSc3nnc(C)s3)CS[C@H]21. The second-order valence-corrected chi connectivity index (χ2v) is 11.7. The Hall–Kier alpha value is -2.70. The number of amides is 1. The number of hydrogen-bond acceptors (Lipinski definition) is 10. The van der Waals surface area contributed by atoms with Crippen LogP contribution in [0, 0.1) is 6.92 Å². The number of aryl methyl sites for hydroxylation is 1. The first-order valence-electron chi connectivity index (χ1n) is 11.2. The van der Waals surface area contributed by atoms with Crippen molar-refractivity contribution in [3.05, 3.63) is 88.1 Å². The van der Waals surface area contributed by atoms with Crippen LogP contribution in [0.3, 0.4) is 0 Å². The van der Waals surface area contributed by atoms with Crippen LogP contribution in [0.5, 0.6) is 0 Å². The van der Waals surface area contributed by atoms with Gasteiger partial charge in [0, 0.05) is 18.6 Å². The zero-order chi connectivity index (χ0) is 25.3. The smallest absolute Gasteiger partial charge is 0.356 e. The average Bonchev–Trinajstić information content (AvgIpc) is 3.34. The molecule has 0 radical (unpaired) electrons.